The van der Waals surface area contributed by atoms with Gasteiger partial charge in [0.05, 0.1) is 7.57 Å². The highest BCUT2D eigenvalue weighted by Gasteiger charge is 2.13. The van der Waals surface area contributed by atoms with E-state index in [1.165, 1.54) is 56.3 Å². The smallest absolute Gasteiger partial charge is 0.0705 e. The first-order valence-electron chi connectivity index (χ1n) is 9.54. The number of hydrogen-bond donors (Lipinski definition) is 0. The van der Waals surface area contributed by atoms with Gasteiger partial charge in [-0.3, -0.25) is 0 Å². The van der Waals surface area contributed by atoms with Gasteiger partial charge in [0.25, 0.3) is 0 Å². The van der Waals surface area contributed by atoms with Crippen LogP contribution in [0, 0.1) is 0 Å². The van der Waals surface area contributed by atoms with Crippen LogP contribution in [0.15, 0.2) is 80.4 Å². The van der Waals surface area contributed by atoms with Crippen molar-refractivity contribution in [1.29, 1.82) is 0 Å². The third-order valence-electron chi connectivity index (χ3n) is 4.78. The van der Waals surface area contributed by atoms with Crippen LogP contribution in [0.1, 0.15) is 0 Å². The number of halogens is 2. The summed E-state index contributed by atoms with van der Waals surface area (Å²) in [6.07, 6.45) is 0. The fourth-order valence-electron chi connectivity index (χ4n) is 3.30. The highest BCUT2D eigenvalue weighted by atomic mass is 79.9. The zero-order valence-corrected chi connectivity index (χ0v) is 24.2. The fraction of sp³-hybridized carbons (Fsp3) is 0. The van der Waals surface area contributed by atoms with Crippen LogP contribution in [-0.4, -0.2) is 0 Å². The average molecular weight is 653 g/mol. The molecule has 0 saturated carbocycles. The predicted molar refractivity (Wildman–Crippen MR) is 156 cm³/mol. The van der Waals surface area contributed by atoms with Crippen LogP contribution >= 0.6 is 99.9 Å². The van der Waals surface area contributed by atoms with Gasteiger partial charge in [-0.1, -0.05) is 0 Å². The summed E-state index contributed by atoms with van der Waals surface area (Å²) >= 11 is 18.2. The Labute approximate surface area is 226 Å². The van der Waals surface area contributed by atoms with Crippen LogP contribution in [0.2, 0.25) is 0 Å². The second-order valence-corrected chi connectivity index (χ2v) is 16.1. The lowest BCUT2D eigenvalue weighted by Gasteiger charge is -1.93. The summed E-state index contributed by atoms with van der Waals surface area (Å²) in [7, 11) is 0. The van der Waals surface area contributed by atoms with Crippen molar-refractivity contribution >= 4 is 99.9 Å². The minimum Gasteiger partial charge on any atom is -0.134 e. The van der Waals surface area contributed by atoms with Crippen molar-refractivity contribution in [1.82, 2.24) is 0 Å². The lowest BCUT2D eigenvalue weighted by Crippen LogP contribution is -1.58. The average Bonchev–Trinajstić information content (AvgIpc) is 3.61. The number of thiophene rings is 6. The molecule has 0 spiro atoms. The van der Waals surface area contributed by atoms with Crippen molar-refractivity contribution in [3.05, 3.63) is 80.4 Å². The topological polar surface area (TPSA) is 0 Å². The zero-order chi connectivity index (χ0) is 21.7. The van der Waals surface area contributed by atoms with Gasteiger partial charge in [0, 0.05) is 48.8 Å². The highest BCUT2D eigenvalue weighted by Crippen LogP contribution is 2.46. The molecule has 0 N–H and O–H groups in total. The second kappa shape index (κ2) is 9.07. The molecular weight excluding hydrogens is 640 g/mol. The lowest BCUT2D eigenvalue weighted by atomic mass is 10.3. The van der Waals surface area contributed by atoms with Gasteiger partial charge in [0.2, 0.25) is 0 Å². The molecule has 0 fully saturated rings. The van der Waals surface area contributed by atoms with Gasteiger partial charge in [-0.2, -0.15) is 0 Å². The summed E-state index contributed by atoms with van der Waals surface area (Å²) in [6, 6.07) is 26.6. The van der Waals surface area contributed by atoms with E-state index in [1.54, 1.807) is 22.7 Å². The van der Waals surface area contributed by atoms with Gasteiger partial charge < -0.3 is 0 Å². The molecule has 0 unspecified atom stereocenters. The van der Waals surface area contributed by atoms with Crippen LogP contribution in [0.25, 0.3) is 48.8 Å². The molecule has 6 heterocycles. The summed E-state index contributed by atoms with van der Waals surface area (Å²) in [5, 5.41) is 0. The summed E-state index contributed by atoms with van der Waals surface area (Å²) in [5.41, 5.74) is 0. The SMILES string of the molecule is Brc1ccc(-c2ccc(-c3ccc(-c4ccc(-c5ccc(-c6ccc(Br)s6)s5)s4)s3)s2)s1. The van der Waals surface area contributed by atoms with Crippen molar-refractivity contribution in [2.45, 2.75) is 0 Å². The first kappa shape index (κ1) is 21.7. The van der Waals surface area contributed by atoms with E-state index in [9.17, 15) is 0 Å². The molecule has 0 radical (unpaired) electrons. The van der Waals surface area contributed by atoms with Crippen LogP contribution in [-0.2, 0) is 0 Å². The Morgan fingerprint density at radius 3 is 0.656 bits per heavy atom. The molecule has 6 aromatic rings. The monoisotopic (exact) mass is 650 g/mol. The summed E-state index contributed by atoms with van der Waals surface area (Å²) in [5.74, 6) is 0. The first-order chi connectivity index (χ1) is 15.6. The molecule has 0 nitrogen and oxygen atoms in total. The van der Waals surface area contributed by atoms with E-state index in [1.807, 2.05) is 45.3 Å². The molecule has 0 saturated heterocycles. The van der Waals surface area contributed by atoms with Crippen molar-refractivity contribution in [3.63, 3.8) is 0 Å². The molecule has 8 heteroatoms. The van der Waals surface area contributed by atoms with E-state index in [0.717, 1.165) is 0 Å². The fourth-order valence-corrected chi connectivity index (χ4v) is 10.6. The van der Waals surface area contributed by atoms with E-state index >= 15 is 0 Å². The normalized spacial score (nSPS) is 11.4. The molecule has 6 rings (SSSR count). The quantitative estimate of drug-likeness (QED) is 0.174. The highest BCUT2D eigenvalue weighted by molar-refractivity contribution is 9.11. The predicted octanol–water partition coefficient (Wildman–Crippen LogP) is 11.9. The van der Waals surface area contributed by atoms with Crippen molar-refractivity contribution < 1.29 is 0 Å². The number of rotatable bonds is 5. The first-order valence-corrected chi connectivity index (χ1v) is 16.0. The van der Waals surface area contributed by atoms with E-state index in [2.05, 4.69) is 105 Å². The van der Waals surface area contributed by atoms with Gasteiger partial charge in [-0.15, -0.1) is 68.0 Å². The molecule has 32 heavy (non-hydrogen) atoms. The summed E-state index contributed by atoms with van der Waals surface area (Å²) in [6.45, 7) is 0. The zero-order valence-electron chi connectivity index (χ0n) is 16.1. The third kappa shape index (κ3) is 4.32. The molecule has 0 aliphatic rings. The molecule has 6 aromatic heterocycles. The van der Waals surface area contributed by atoms with E-state index in [4.69, 9.17) is 0 Å². The Hall–Kier alpha value is -0.840. The minimum atomic E-state index is 1.18. The third-order valence-corrected chi connectivity index (χ3v) is 13.4. The summed E-state index contributed by atoms with van der Waals surface area (Å²) in [4.78, 5) is 13.3. The van der Waals surface area contributed by atoms with E-state index in [-0.39, 0.29) is 0 Å². The van der Waals surface area contributed by atoms with Gasteiger partial charge in [0.15, 0.2) is 0 Å². The molecule has 0 aliphatic carbocycles. The van der Waals surface area contributed by atoms with Crippen molar-refractivity contribution in [3.8, 4) is 48.8 Å². The molecular formula is C24H12Br2S6. The number of hydrogen-bond acceptors (Lipinski definition) is 6. The van der Waals surface area contributed by atoms with Crippen LogP contribution < -0.4 is 0 Å². The largest absolute Gasteiger partial charge is 0.134 e. The molecule has 0 amide bonds. The maximum Gasteiger partial charge on any atom is 0.0705 e. The second-order valence-electron chi connectivity index (χ2n) is 6.86. The summed E-state index contributed by atoms with van der Waals surface area (Å²) < 4.78 is 2.35. The van der Waals surface area contributed by atoms with Gasteiger partial charge in [-0.05, 0) is 105 Å². The van der Waals surface area contributed by atoms with Crippen LogP contribution in [0.4, 0.5) is 0 Å². The Bertz CT molecular complexity index is 1400. The molecule has 0 bridgehead atoms. The molecule has 0 atom stereocenters. The van der Waals surface area contributed by atoms with Crippen molar-refractivity contribution in [2.24, 2.45) is 0 Å². The Balaban J connectivity index is 1.24. The maximum absolute atomic E-state index is 3.57. The Morgan fingerprint density at radius 1 is 0.281 bits per heavy atom. The molecule has 0 aromatic carbocycles. The standard InChI is InChI=1S/C24H12Br2S6/c25-23-11-9-21(31-23)19-7-5-17(29-19)15-3-1-13(27-15)14-2-4-16(28-14)18-6-8-20(30-18)22-10-12-24(26)32-22/h1-12H. The van der Waals surface area contributed by atoms with Gasteiger partial charge in [0.1, 0.15) is 0 Å². The maximum atomic E-state index is 3.57. The van der Waals surface area contributed by atoms with E-state index < -0.39 is 0 Å². The van der Waals surface area contributed by atoms with Crippen LogP contribution in [0.3, 0.4) is 0 Å². The van der Waals surface area contributed by atoms with Crippen molar-refractivity contribution in [2.75, 3.05) is 0 Å². The van der Waals surface area contributed by atoms with Crippen LogP contribution in [0.5, 0.6) is 0 Å². The Morgan fingerprint density at radius 2 is 0.469 bits per heavy atom. The van der Waals surface area contributed by atoms with Gasteiger partial charge >= 0.3 is 0 Å². The minimum absolute atomic E-state index is 1.18. The molecule has 158 valence electrons. The van der Waals surface area contributed by atoms with Gasteiger partial charge in [-0.25, -0.2) is 0 Å². The lowest BCUT2D eigenvalue weighted by molar-refractivity contribution is 1.89. The Kier molecular flexibility index (Phi) is 6.15. The van der Waals surface area contributed by atoms with E-state index in [0.29, 0.717) is 0 Å². The molecule has 0 aliphatic heterocycles.